The van der Waals surface area contributed by atoms with Crippen LogP contribution in [0.25, 0.3) is 0 Å². The lowest BCUT2D eigenvalue weighted by Gasteiger charge is -2.12. The minimum absolute atomic E-state index is 0.456. The van der Waals surface area contributed by atoms with E-state index in [4.69, 9.17) is 9.47 Å². The summed E-state index contributed by atoms with van der Waals surface area (Å²) in [6.07, 6.45) is 1.69. The first-order valence-corrected chi connectivity index (χ1v) is 7.90. The van der Waals surface area contributed by atoms with Gasteiger partial charge in [-0.3, -0.25) is 0 Å². The third-order valence-corrected chi connectivity index (χ3v) is 3.12. The molecule has 0 atom stereocenters. The Morgan fingerprint density at radius 2 is 1.83 bits per heavy atom. The molecular formula is C18H24N4O2. The fourth-order valence-corrected chi connectivity index (χ4v) is 2.08. The van der Waals surface area contributed by atoms with Crippen LogP contribution in [0.3, 0.4) is 0 Å². The molecule has 2 rings (SSSR count). The predicted octanol–water partition coefficient (Wildman–Crippen LogP) is 3.58. The van der Waals surface area contributed by atoms with Crippen molar-refractivity contribution in [3.63, 3.8) is 0 Å². The molecule has 0 aliphatic rings. The van der Waals surface area contributed by atoms with E-state index in [-0.39, 0.29) is 0 Å². The maximum Gasteiger partial charge on any atom is 0.243 e. The summed E-state index contributed by atoms with van der Waals surface area (Å²) in [5.74, 6) is 2.35. The highest BCUT2D eigenvalue weighted by Crippen LogP contribution is 2.28. The Kier molecular flexibility index (Phi) is 6.12. The van der Waals surface area contributed by atoms with Crippen LogP contribution in [0, 0.1) is 19.8 Å². The van der Waals surface area contributed by atoms with E-state index in [0.717, 1.165) is 22.7 Å². The van der Waals surface area contributed by atoms with Gasteiger partial charge < -0.3 is 9.47 Å². The molecule has 0 bridgehead atoms. The van der Waals surface area contributed by atoms with E-state index in [9.17, 15) is 0 Å². The van der Waals surface area contributed by atoms with Crippen LogP contribution < -0.4 is 14.9 Å². The first-order chi connectivity index (χ1) is 11.5. The molecule has 0 aliphatic heterocycles. The summed E-state index contributed by atoms with van der Waals surface area (Å²) in [4.78, 5) is 8.55. The van der Waals surface area contributed by atoms with Crippen molar-refractivity contribution in [3.8, 4) is 11.5 Å². The van der Waals surface area contributed by atoms with E-state index in [1.54, 1.807) is 13.3 Å². The fourth-order valence-electron chi connectivity index (χ4n) is 2.08. The molecule has 2 aromatic rings. The second-order valence-electron chi connectivity index (χ2n) is 5.96. The number of hydrogen-bond acceptors (Lipinski definition) is 6. The molecule has 1 heterocycles. The highest BCUT2D eigenvalue weighted by molar-refractivity contribution is 5.81. The number of hydrazone groups is 1. The van der Waals surface area contributed by atoms with Crippen molar-refractivity contribution in [2.24, 2.45) is 11.0 Å². The molecule has 6 heteroatoms. The van der Waals surface area contributed by atoms with Crippen molar-refractivity contribution in [1.29, 1.82) is 0 Å². The second-order valence-corrected chi connectivity index (χ2v) is 5.96. The van der Waals surface area contributed by atoms with Crippen molar-refractivity contribution in [3.05, 3.63) is 41.2 Å². The van der Waals surface area contributed by atoms with Crippen LogP contribution in [-0.2, 0) is 0 Å². The maximum atomic E-state index is 5.74. The molecule has 0 aliphatic carbocycles. The summed E-state index contributed by atoms with van der Waals surface area (Å²) < 4.78 is 11.1. The van der Waals surface area contributed by atoms with Gasteiger partial charge in [0.25, 0.3) is 0 Å². The molecule has 24 heavy (non-hydrogen) atoms. The molecule has 1 aromatic heterocycles. The van der Waals surface area contributed by atoms with Gasteiger partial charge in [-0.2, -0.15) is 5.10 Å². The molecule has 0 unspecified atom stereocenters. The number of aromatic nitrogens is 2. The summed E-state index contributed by atoms with van der Waals surface area (Å²) in [6, 6.07) is 7.60. The van der Waals surface area contributed by atoms with Gasteiger partial charge in [0.2, 0.25) is 5.95 Å². The lowest BCUT2D eigenvalue weighted by molar-refractivity contribution is 0.257. The number of rotatable bonds is 7. The Bertz CT molecular complexity index is 694. The number of ether oxygens (including phenoxy) is 2. The summed E-state index contributed by atoms with van der Waals surface area (Å²) in [5.41, 5.74) is 5.53. The molecule has 0 saturated heterocycles. The van der Waals surface area contributed by atoms with Gasteiger partial charge in [-0.25, -0.2) is 15.4 Å². The highest BCUT2D eigenvalue weighted by atomic mass is 16.5. The Hall–Kier alpha value is -2.63. The summed E-state index contributed by atoms with van der Waals surface area (Å²) >= 11 is 0. The van der Waals surface area contributed by atoms with Gasteiger partial charge in [0.1, 0.15) is 0 Å². The average Bonchev–Trinajstić information content (AvgIpc) is 2.52. The normalized spacial score (nSPS) is 11.1. The Balaban J connectivity index is 2.06. The van der Waals surface area contributed by atoms with Crippen LogP contribution in [0.5, 0.6) is 11.5 Å². The molecule has 0 spiro atoms. The van der Waals surface area contributed by atoms with Crippen molar-refractivity contribution >= 4 is 12.2 Å². The van der Waals surface area contributed by atoms with Crippen LogP contribution in [0.1, 0.15) is 30.8 Å². The van der Waals surface area contributed by atoms with Gasteiger partial charge in [-0.05, 0) is 49.6 Å². The van der Waals surface area contributed by atoms with Gasteiger partial charge in [0, 0.05) is 11.4 Å². The minimum atomic E-state index is 0.456. The van der Waals surface area contributed by atoms with Gasteiger partial charge in [-0.1, -0.05) is 13.8 Å². The topological polar surface area (TPSA) is 68.6 Å². The predicted molar refractivity (Wildman–Crippen MR) is 96.0 cm³/mol. The fraction of sp³-hybridized carbons (Fsp3) is 0.389. The van der Waals surface area contributed by atoms with Crippen molar-refractivity contribution < 1.29 is 9.47 Å². The van der Waals surface area contributed by atoms with E-state index in [1.807, 2.05) is 38.1 Å². The number of benzene rings is 1. The van der Waals surface area contributed by atoms with Crippen LogP contribution in [0.15, 0.2) is 29.4 Å². The number of anilines is 1. The molecule has 0 saturated carbocycles. The van der Waals surface area contributed by atoms with Crippen LogP contribution in [0.4, 0.5) is 5.95 Å². The monoisotopic (exact) mass is 328 g/mol. The Labute approximate surface area is 142 Å². The smallest absolute Gasteiger partial charge is 0.243 e. The van der Waals surface area contributed by atoms with E-state index in [0.29, 0.717) is 24.2 Å². The number of nitrogens with one attached hydrogen (secondary N) is 1. The van der Waals surface area contributed by atoms with Crippen molar-refractivity contribution in [2.45, 2.75) is 27.7 Å². The van der Waals surface area contributed by atoms with Gasteiger partial charge in [0.15, 0.2) is 11.5 Å². The SMILES string of the molecule is COc1cc(/C=N\Nc2nc(C)cc(C)n2)ccc1OCC(C)C. The van der Waals surface area contributed by atoms with Gasteiger partial charge >= 0.3 is 0 Å². The molecule has 1 aromatic carbocycles. The largest absolute Gasteiger partial charge is 0.493 e. The van der Waals surface area contributed by atoms with Gasteiger partial charge in [0.05, 0.1) is 19.9 Å². The van der Waals surface area contributed by atoms with Crippen molar-refractivity contribution in [2.75, 3.05) is 19.1 Å². The zero-order valence-electron chi connectivity index (χ0n) is 14.8. The van der Waals surface area contributed by atoms with Gasteiger partial charge in [-0.15, -0.1) is 0 Å². The zero-order valence-corrected chi connectivity index (χ0v) is 14.8. The van der Waals surface area contributed by atoms with Crippen LogP contribution >= 0.6 is 0 Å². The molecule has 128 valence electrons. The lowest BCUT2D eigenvalue weighted by Crippen LogP contribution is -2.05. The first kappa shape index (κ1) is 17.7. The third-order valence-electron chi connectivity index (χ3n) is 3.12. The molecule has 0 radical (unpaired) electrons. The van der Waals surface area contributed by atoms with E-state index < -0.39 is 0 Å². The molecular weight excluding hydrogens is 304 g/mol. The van der Waals surface area contributed by atoms with Crippen LogP contribution in [0.2, 0.25) is 0 Å². The molecule has 1 N–H and O–H groups in total. The summed E-state index contributed by atoms with van der Waals surface area (Å²) in [5, 5.41) is 4.18. The Morgan fingerprint density at radius 3 is 2.46 bits per heavy atom. The molecule has 0 fully saturated rings. The number of hydrogen-bond donors (Lipinski definition) is 1. The summed E-state index contributed by atoms with van der Waals surface area (Å²) in [6.45, 7) is 8.70. The quantitative estimate of drug-likeness (QED) is 0.621. The van der Waals surface area contributed by atoms with Crippen LogP contribution in [-0.4, -0.2) is 29.9 Å². The minimum Gasteiger partial charge on any atom is -0.493 e. The maximum absolute atomic E-state index is 5.74. The van der Waals surface area contributed by atoms with Crippen molar-refractivity contribution in [1.82, 2.24) is 9.97 Å². The number of aryl methyl sites for hydroxylation is 2. The molecule has 0 amide bonds. The third kappa shape index (κ3) is 5.22. The second kappa shape index (κ2) is 8.29. The summed E-state index contributed by atoms with van der Waals surface area (Å²) in [7, 11) is 1.63. The Morgan fingerprint density at radius 1 is 1.12 bits per heavy atom. The van der Waals surface area contributed by atoms with E-state index in [1.165, 1.54) is 0 Å². The number of nitrogens with zero attached hydrogens (tertiary/aromatic N) is 3. The standard InChI is InChI=1S/C18H24N4O2/c1-12(2)11-24-16-7-6-15(9-17(16)23-5)10-19-22-18-20-13(3)8-14(4)21-18/h6-10,12H,11H2,1-5H3,(H,20,21,22)/b19-10-. The zero-order chi connectivity index (χ0) is 17.5. The number of methoxy groups -OCH3 is 1. The lowest BCUT2D eigenvalue weighted by atomic mass is 10.2. The van der Waals surface area contributed by atoms with E-state index >= 15 is 0 Å². The average molecular weight is 328 g/mol. The molecule has 6 nitrogen and oxygen atoms in total. The first-order valence-electron chi connectivity index (χ1n) is 7.90. The highest BCUT2D eigenvalue weighted by Gasteiger charge is 2.06. The van der Waals surface area contributed by atoms with E-state index in [2.05, 4.69) is 34.3 Å².